The molecule has 0 amide bonds. The molecule has 2 aliphatic rings. The van der Waals surface area contributed by atoms with E-state index in [4.69, 9.17) is 18.2 Å². The van der Waals surface area contributed by atoms with Gasteiger partial charge in [0, 0.05) is 78.1 Å². The summed E-state index contributed by atoms with van der Waals surface area (Å²) in [6, 6.07) is 138. The van der Waals surface area contributed by atoms with E-state index in [1.54, 1.807) is 12.1 Å². The summed E-state index contributed by atoms with van der Waals surface area (Å²) < 4.78 is 22.6. The van der Waals surface area contributed by atoms with Gasteiger partial charge in [-0.2, -0.15) is 0 Å². The van der Waals surface area contributed by atoms with E-state index in [0.29, 0.717) is 11.0 Å². The lowest BCUT2D eigenvalue weighted by Gasteiger charge is -2.13. The van der Waals surface area contributed by atoms with E-state index in [2.05, 4.69) is 327 Å². The Morgan fingerprint density at radius 3 is 1.22 bits per heavy atom. The molecule has 11 heteroatoms. The molecular weight excluding hydrogens is 1590 g/mol. The van der Waals surface area contributed by atoms with Gasteiger partial charge in [0.15, 0.2) is 0 Å². The number of halogens is 2. The molecule has 8 nitrogen and oxygen atoms in total. The first-order valence-corrected chi connectivity index (χ1v) is 41.3. The number of fused-ring (bicyclic) bond motifs is 18. The Balaban J connectivity index is 0.000000111. The number of hydrogen-bond acceptors (Lipinski definition) is 7. The third-order valence-corrected chi connectivity index (χ3v) is 23.5. The molecule has 0 spiro atoms. The summed E-state index contributed by atoms with van der Waals surface area (Å²) in [6.07, 6.45) is 2.11. The lowest BCUT2D eigenvalue weighted by atomic mass is 9.79. The second-order valence-electron chi connectivity index (χ2n) is 29.8. The molecule has 0 fully saturated rings. The predicted octanol–water partition coefficient (Wildman–Crippen LogP) is 28.9. The zero-order valence-corrected chi connectivity index (χ0v) is 67.5. The summed E-state index contributed by atoms with van der Waals surface area (Å²) in [5.41, 5.74) is 32.3. The third-order valence-electron chi connectivity index (χ3n) is 22.6. The third kappa shape index (κ3) is 14.5. The van der Waals surface area contributed by atoms with E-state index in [0.717, 1.165) is 139 Å². The van der Waals surface area contributed by atoms with Gasteiger partial charge in [-0.3, -0.25) is 4.57 Å². The van der Waals surface area contributed by atoms with Crippen LogP contribution in [0.5, 0.6) is 0 Å². The number of aromatic nitrogens is 3. The van der Waals surface area contributed by atoms with Gasteiger partial charge in [0.25, 0.3) is 0 Å². The lowest BCUT2D eigenvalue weighted by Crippen LogP contribution is -2.29. The van der Waals surface area contributed by atoms with Crippen molar-refractivity contribution in [1.29, 1.82) is 0 Å². The minimum atomic E-state index is -1.51. The number of hydrogen-bond donors (Lipinski definition) is 2. The minimum Gasteiger partial charge on any atom is -0.456 e. The molecule has 2 N–H and O–H groups in total. The van der Waals surface area contributed by atoms with E-state index < -0.39 is 7.12 Å². The summed E-state index contributed by atoms with van der Waals surface area (Å²) >= 11 is 7.01. The van der Waals surface area contributed by atoms with Gasteiger partial charge in [0.1, 0.15) is 43.9 Å². The Morgan fingerprint density at radius 1 is 0.269 bits per heavy atom. The molecule has 6 heterocycles. The summed E-state index contributed by atoms with van der Waals surface area (Å²) in [5.74, 6) is 0.892. The number of nitrogens with zero attached hydrogens (tertiary/aromatic N) is 3. The molecule has 0 unspecified atom stereocenters. The highest BCUT2D eigenvalue weighted by atomic mass is 79.9. The van der Waals surface area contributed by atoms with Crippen LogP contribution in [0.4, 0.5) is 0 Å². The van der Waals surface area contributed by atoms with Crippen LogP contribution in [0.25, 0.3) is 183 Å². The summed E-state index contributed by atoms with van der Waals surface area (Å²) in [7, 11) is -1.51. The maximum absolute atomic E-state index is 9.24. The zero-order chi connectivity index (χ0) is 79.9. The number of furan rings is 3. The molecule has 16 aromatic carbocycles. The SMILES string of the molecule is Brc1cc(-c2ccccc2)cc(-c2ccccc2)n1.Brc1ccc2c(c1)-c1ccccc1C2.OB(O)c1cccc2c1oc1ccccc12.[HH].[HH].c1ccc(-c2cc(-c3ccccc3)nc(-n3c4ccccc4c4cc(-c5cccc6c5oc5ccccc56)ccc43)c2)cc1.c1ccc2c(c1)Cc1ccc(-c3cccc4c3oc3ccccc34)cc1-2. The van der Waals surface area contributed by atoms with Gasteiger partial charge in [-0.25, -0.2) is 9.97 Å². The van der Waals surface area contributed by atoms with Crippen molar-refractivity contribution in [1.82, 2.24) is 14.5 Å². The van der Waals surface area contributed by atoms with E-state index in [9.17, 15) is 10.0 Å². The first kappa shape index (κ1) is 73.8. The standard InChI is InChI=1S/C41H26N2O.C25H16O.C17H12BrN.C13H9Br.C12H9BO3.2H2/c1-3-12-27(13-4-1)30-25-36(28-14-5-2-6-15-28)42-40(26-30)43-37-20-9-7-16-32(37)35-24-29(22-23-38(35)43)31-18-11-19-34-33-17-8-10-21-39(33)44-41(31)34;1-2-7-19-16(6-1)14-17-12-13-18(15-23(17)19)20-9-5-10-22-21-8-3-4-11-24(21)26-25(20)22;18-17-12-15(13-7-3-1-4-8-13)11-16(19-17)14-9-5-2-6-10-14;14-11-6-5-10-7-9-3-1-2-4-12(9)13(10)8-11;14-13(15)10-6-3-5-9-8-4-1-2-7-11(8)16-12(9)10;;/h1-26H;1-13,15H,14H2;1-12H;1-6,8H,7H2;1-7,14-15H;2*1H. The van der Waals surface area contributed by atoms with Crippen molar-refractivity contribution in [2.24, 2.45) is 0 Å². The van der Waals surface area contributed by atoms with E-state index in [1.807, 2.05) is 103 Å². The van der Waals surface area contributed by atoms with Crippen LogP contribution in [-0.2, 0) is 12.8 Å². The van der Waals surface area contributed by atoms with Gasteiger partial charge >= 0.3 is 7.12 Å². The smallest absolute Gasteiger partial charge is 0.456 e. The minimum absolute atomic E-state index is 0. The van der Waals surface area contributed by atoms with Crippen LogP contribution < -0.4 is 5.46 Å². The molecule has 0 atom stereocenters. The van der Waals surface area contributed by atoms with E-state index >= 15 is 0 Å². The van der Waals surface area contributed by atoms with Crippen LogP contribution in [0, 0.1) is 0 Å². The molecular formula is C108H76BBr2N3O5. The van der Waals surface area contributed by atoms with Gasteiger partial charge < -0.3 is 23.3 Å². The average Bonchev–Trinajstić information content (AvgIpc) is 1.58. The Kier molecular flexibility index (Phi) is 20.0. The average molecular weight is 1670 g/mol. The first-order chi connectivity index (χ1) is 58.6. The quantitative estimate of drug-likeness (QED) is 0.115. The molecule has 24 rings (SSSR count). The highest BCUT2D eigenvalue weighted by Gasteiger charge is 2.24. The van der Waals surface area contributed by atoms with Crippen molar-refractivity contribution >= 4 is 132 Å². The van der Waals surface area contributed by atoms with Crippen molar-refractivity contribution in [3.05, 3.63) is 432 Å². The maximum atomic E-state index is 9.24. The van der Waals surface area contributed by atoms with E-state index in [1.165, 1.54) is 82.7 Å². The second-order valence-corrected chi connectivity index (χ2v) is 31.5. The fourth-order valence-corrected chi connectivity index (χ4v) is 17.7. The molecule has 2 aliphatic carbocycles. The molecule has 0 aliphatic heterocycles. The summed E-state index contributed by atoms with van der Waals surface area (Å²) in [5, 5.41) is 27.4. The van der Waals surface area contributed by atoms with Gasteiger partial charge in [-0.05, 0) is 186 Å². The molecule has 0 saturated carbocycles. The molecule has 0 radical (unpaired) electrons. The monoisotopic (exact) mass is 1660 g/mol. The normalized spacial score (nSPS) is 11.6. The predicted molar refractivity (Wildman–Crippen MR) is 503 cm³/mol. The number of rotatable bonds is 8. The van der Waals surface area contributed by atoms with Crippen molar-refractivity contribution < 1.29 is 26.2 Å². The molecule has 6 aromatic heterocycles. The largest absolute Gasteiger partial charge is 0.492 e. The zero-order valence-electron chi connectivity index (χ0n) is 64.3. The molecule has 22 aromatic rings. The molecule has 119 heavy (non-hydrogen) atoms. The molecule has 570 valence electrons. The Morgan fingerprint density at radius 2 is 0.664 bits per heavy atom. The fourth-order valence-electron chi connectivity index (χ4n) is 16.9. The van der Waals surface area contributed by atoms with Crippen LogP contribution >= 0.6 is 31.9 Å². The van der Waals surface area contributed by atoms with Crippen LogP contribution in [0.2, 0.25) is 0 Å². The van der Waals surface area contributed by atoms with E-state index in [-0.39, 0.29) is 2.85 Å². The Hall–Kier alpha value is -14.0. The fraction of sp³-hybridized carbons (Fsp3) is 0.0185. The van der Waals surface area contributed by atoms with Gasteiger partial charge in [-0.1, -0.05) is 337 Å². The first-order valence-electron chi connectivity index (χ1n) is 39.7. The van der Waals surface area contributed by atoms with Crippen LogP contribution in [-0.4, -0.2) is 31.7 Å². The summed E-state index contributed by atoms with van der Waals surface area (Å²) in [4.78, 5) is 9.81. The Bertz CT molecular complexity index is 7470. The van der Waals surface area contributed by atoms with Crippen LogP contribution in [0.3, 0.4) is 0 Å². The maximum Gasteiger partial charge on any atom is 0.492 e. The topological polar surface area (TPSA) is 111 Å². The van der Waals surface area contributed by atoms with Crippen molar-refractivity contribution in [3.8, 4) is 95.1 Å². The number of benzene rings is 16. The van der Waals surface area contributed by atoms with Crippen LogP contribution in [0.1, 0.15) is 25.1 Å². The molecule has 0 saturated heterocycles. The highest BCUT2D eigenvalue weighted by Crippen LogP contribution is 2.45. The van der Waals surface area contributed by atoms with Crippen molar-refractivity contribution in [3.63, 3.8) is 0 Å². The van der Waals surface area contributed by atoms with Crippen molar-refractivity contribution in [2.75, 3.05) is 0 Å². The number of pyridine rings is 2. The second kappa shape index (κ2) is 32.2. The Labute approximate surface area is 707 Å². The lowest BCUT2D eigenvalue weighted by molar-refractivity contribution is 0.425. The molecule has 0 bridgehead atoms. The summed E-state index contributed by atoms with van der Waals surface area (Å²) in [6.45, 7) is 0. The number of para-hydroxylation sites is 7. The van der Waals surface area contributed by atoms with Gasteiger partial charge in [0.05, 0.1) is 22.4 Å². The van der Waals surface area contributed by atoms with Gasteiger partial charge in [-0.15, -0.1) is 0 Å². The highest BCUT2D eigenvalue weighted by molar-refractivity contribution is 9.10. The van der Waals surface area contributed by atoms with Gasteiger partial charge in [0.2, 0.25) is 0 Å². The van der Waals surface area contributed by atoms with Crippen LogP contribution in [0.15, 0.2) is 423 Å². The van der Waals surface area contributed by atoms with Crippen molar-refractivity contribution in [2.45, 2.75) is 12.8 Å².